The maximum absolute atomic E-state index is 11.2. The molecule has 0 saturated carbocycles. The molecular formula is C10H12O4. The maximum atomic E-state index is 11.2. The van der Waals surface area contributed by atoms with Crippen molar-refractivity contribution in [3.63, 3.8) is 0 Å². The molecule has 76 valence electrons. The minimum atomic E-state index is -0.447. The van der Waals surface area contributed by atoms with Crippen molar-refractivity contribution >= 4 is 11.9 Å². The van der Waals surface area contributed by atoms with Gasteiger partial charge in [-0.25, -0.2) is 4.79 Å². The van der Waals surface area contributed by atoms with Gasteiger partial charge in [0, 0.05) is 12.8 Å². The van der Waals surface area contributed by atoms with E-state index < -0.39 is 11.9 Å². The number of allylic oxidation sites excluding steroid dienone is 1. The molecule has 1 heterocycles. The van der Waals surface area contributed by atoms with Gasteiger partial charge < -0.3 is 9.47 Å². The molecule has 0 radical (unpaired) electrons. The zero-order chi connectivity index (χ0) is 10.7. The van der Waals surface area contributed by atoms with Crippen LogP contribution in [0.1, 0.15) is 13.8 Å². The first-order valence-electron chi connectivity index (χ1n) is 4.25. The molecule has 0 aromatic carbocycles. The quantitative estimate of drug-likeness (QED) is 0.288. The SMILES string of the molecule is C=C[C@H]1COC(=O)/C1=C(/C)OC(C)=O. The Hall–Kier alpha value is -1.58. The van der Waals surface area contributed by atoms with E-state index in [0.29, 0.717) is 11.3 Å². The van der Waals surface area contributed by atoms with Gasteiger partial charge in [-0.1, -0.05) is 6.08 Å². The summed E-state index contributed by atoms with van der Waals surface area (Å²) < 4.78 is 9.64. The van der Waals surface area contributed by atoms with Crippen LogP contribution in [0.25, 0.3) is 0 Å². The van der Waals surface area contributed by atoms with E-state index in [2.05, 4.69) is 6.58 Å². The Morgan fingerprint density at radius 3 is 2.79 bits per heavy atom. The predicted octanol–water partition coefficient (Wildman–Crippen LogP) is 1.18. The molecule has 0 aromatic heterocycles. The van der Waals surface area contributed by atoms with Gasteiger partial charge in [-0.15, -0.1) is 6.58 Å². The summed E-state index contributed by atoms with van der Waals surface area (Å²) in [5.74, 6) is -0.766. The highest BCUT2D eigenvalue weighted by molar-refractivity contribution is 5.92. The van der Waals surface area contributed by atoms with E-state index in [0.717, 1.165) is 0 Å². The van der Waals surface area contributed by atoms with Gasteiger partial charge in [-0.05, 0) is 6.92 Å². The lowest BCUT2D eigenvalue weighted by molar-refractivity contribution is -0.137. The van der Waals surface area contributed by atoms with Gasteiger partial charge in [0.2, 0.25) is 0 Å². The molecule has 4 heteroatoms. The van der Waals surface area contributed by atoms with Crippen LogP contribution in [-0.2, 0) is 19.1 Å². The van der Waals surface area contributed by atoms with E-state index >= 15 is 0 Å². The number of hydrogen-bond donors (Lipinski definition) is 0. The first-order valence-corrected chi connectivity index (χ1v) is 4.25. The fourth-order valence-corrected chi connectivity index (χ4v) is 1.34. The van der Waals surface area contributed by atoms with Gasteiger partial charge in [-0.2, -0.15) is 0 Å². The number of rotatable bonds is 2. The number of ether oxygens (including phenoxy) is 2. The molecule has 1 atom stereocenters. The van der Waals surface area contributed by atoms with Crippen LogP contribution < -0.4 is 0 Å². The average Bonchev–Trinajstić information content (AvgIpc) is 2.45. The van der Waals surface area contributed by atoms with Crippen LogP contribution in [0.2, 0.25) is 0 Å². The van der Waals surface area contributed by atoms with Gasteiger partial charge in [-0.3, -0.25) is 4.79 Å². The largest absolute Gasteiger partial charge is 0.461 e. The van der Waals surface area contributed by atoms with Crippen LogP contribution >= 0.6 is 0 Å². The highest BCUT2D eigenvalue weighted by Crippen LogP contribution is 2.25. The minimum Gasteiger partial charge on any atom is -0.461 e. The number of hydrogen-bond acceptors (Lipinski definition) is 4. The van der Waals surface area contributed by atoms with Crippen molar-refractivity contribution in [3.05, 3.63) is 24.0 Å². The highest BCUT2D eigenvalue weighted by Gasteiger charge is 2.31. The van der Waals surface area contributed by atoms with E-state index in [-0.39, 0.29) is 12.5 Å². The average molecular weight is 196 g/mol. The van der Waals surface area contributed by atoms with E-state index in [4.69, 9.17) is 9.47 Å². The maximum Gasteiger partial charge on any atom is 0.338 e. The molecule has 1 rings (SSSR count). The number of cyclic esters (lactones) is 1. The molecule has 0 aromatic rings. The second-order valence-electron chi connectivity index (χ2n) is 3.00. The zero-order valence-electron chi connectivity index (χ0n) is 8.20. The molecule has 1 aliphatic heterocycles. The molecule has 4 nitrogen and oxygen atoms in total. The fourth-order valence-electron chi connectivity index (χ4n) is 1.34. The Labute approximate surface area is 82.2 Å². The summed E-state index contributed by atoms with van der Waals surface area (Å²) in [7, 11) is 0. The Morgan fingerprint density at radius 2 is 2.29 bits per heavy atom. The van der Waals surface area contributed by atoms with Crippen molar-refractivity contribution < 1.29 is 19.1 Å². The molecular weight excluding hydrogens is 184 g/mol. The van der Waals surface area contributed by atoms with Crippen LogP contribution in [0.15, 0.2) is 24.0 Å². The molecule has 0 unspecified atom stereocenters. The summed E-state index contributed by atoms with van der Waals surface area (Å²) in [4.78, 5) is 21.9. The third-order valence-electron chi connectivity index (χ3n) is 1.95. The van der Waals surface area contributed by atoms with E-state index in [9.17, 15) is 9.59 Å². The van der Waals surface area contributed by atoms with Crippen LogP contribution in [0, 0.1) is 5.92 Å². The van der Waals surface area contributed by atoms with Crippen LogP contribution in [-0.4, -0.2) is 18.5 Å². The molecule has 1 aliphatic rings. The Morgan fingerprint density at radius 1 is 1.64 bits per heavy atom. The highest BCUT2D eigenvalue weighted by atomic mass is 16.6. The van der Waals surface area contributed by atoms with Crippen LogP contribution in [0.5, 0.6) is 0 Å². The monoisotopic (exact) mass is 196 g/mol. The summed E-state index contributed by atoms with van der Waals surface area (Å²) in [6.45, 7) is 6.71. The van der Waals surface area contributed by atoms with E-state index in [1.807, 2.05) is 0 Å². The van der Waals surface area contributed by atoms with Gasteiger partial charge in [0.15, 0.2) is 0 Å². The molecule has 1 fully saturated rings. The van der Waals surface area contributed by atoms with Crippen LogP contribution in [0.4, 0.5) is 0 Å². The number of carbonyl (C=O) groups is 2. The smallest absolute Gasteiger partial charge is 0.338 e. The van der Waals surface area contributed by atoms with Crippen molar-refractivity contribution in [2.24, 2.45) is 5.92 Å². The molecule has 0 amide bonds. The summed E-state index contributed by atoms with van der Waals surface area (Å²) in [6, 6.07) is 0. The van der Waals surface area contributed by atoms with Crippen molar-refractivity contribution in [1.82, 2.24) is 0 Å². The van der Waals surface area contributed by atoms with Crippen molar-refractivity contribution in [2.75, 3.05) is 6.61 Å². The van der Waals surface area contributed by atoms with Crippen molar-refractivity contribution in [3.8, 4) is 0 Å². The van der Waals surface area contributed by atoms with Gasteiger partial charge >= 0.3 is 11.9 Å². The van der Waals surface area contributed by atoms with E-state index in [1.165, 1.54) is 6.92 Å². The first kappa shape index (κ1) is 10.5. The first-order chi connectivity index (χ1) is 6.56. The Bertz CT molecular complexity index is 314. The summed E-state index contributed by atoms with van der Waals surface area (Å²) in [5.41, 5.74) is 0.384. The lowest BCUT2D eigenvalue weighted by Gasteiger charge is -2.06. The Balaban J connectivity index is 2.95. The third kappa shape index (κ3) is 2.02. The van der Waals surface area contributed by atoms with Crippen molar-refractivity contribution in [1.29, 1.82) is 0 Å². The van der Waals surface area contributed by atoms with Gasteiger partial charge in [0.25, 0.3) is 0 Å². The van der Waals surface area contributed by atoms with Gasteiger partial charge in [0.05, 0.1) is 5.57 Å². The number of esters is 2. The molecule has 0 bridgehead atoms. The lowest BCUT2D eigenvalue weighted by atomic mass is 10.0. The zero-order valence-corrected chi connectivity index (χ0v) is 8.20. The summed E-state index contributed by atoms with van der Waals surface area (Å²) >= 11 is 0. The third-order valence-corrected chi connectivity index (χ3v) is 1.95. The predicted molar refractivity (Wildman–Crippen MR) is 49.1 cm³/mol. The normalized spacial score (nSPS) is 24.1. The minimum absolute atomic E-state index is 0.179. The molecule has 14 heavy (non-hydrogen) atoms. The number of carbonyl (C=O) groups excluding carboxylic acids is 2. The standard InChI is InChI=1S/C10H12O4/c1-4-8-5-13-10(12)9(8)6(2)14-7(3)11/h4,8H,1,5H2,2-3H3/b9-6-/t8-/m0/s1. The van der Waals surface area contributed by atoms with E-state index in [1.54, 1.807) is 13.0 Å². The molecule has 1 saturated heterocycles. The van der Waals surface area contributed by atoms with Gasteiger partial charge in [0.1, 0.15) is 12.4 Å². The topological polar surface area (TPSA) is 52.6 Å². The summed E-state index contributed by atoms with van der Waals surface area (Å²) in [5, 5.41) is 0. The fraction of sp³-hybridized carbons (Fsp3) is 0.400. The summed E-state index contributed by atoms with van der Waals surface area (Å²) in [6.07, 6.45) is 1.60. The van der Waals surface area contributed by atoms with Crippen LogP contribution in [0.3, 0.4) is 0 Å². The Kier molecular flexibility index (Phi) is 3.06. The lowest BCUT2D eigenvalue weighted by Crippen LogP contribution is -2.07. The molecule has 0 aliphatic carbocycles. The molecule has 0 N–H and O–H groups in total. The van der Waals surface area contributed by atoms with Crippen molar-refractivity contribution in [2.45, 2.75) is 13.8 Å². The second kappa shape index (κ2) is 4.09. The molecule has 0 spiro atoms. The second-order valence-corrected chi connectivity index (χ2v) is 3.00.